The molecule has 1 aliphatic carbocycles. The molecule has 1 N–H and O–H groups in total. The number of aromatic nitrogens is 2. The third-order valence-electron chi connectivity index (χ3n) is 8.96. The molecule has 204 valence electrons. The summed E-state index contributed by atoms with van der Waals surface area (Å²) in [5.74, 6) is 0.647. The van der Waals surface area contributed by atoms with Gasteiger partial charge in [-0.15, -0.1) is 5.10 Å². The Bertz CT molecular complexity index is 1180. The molecule has 1 aromatic heterocycles. The van der Waals surface area contributed by atoms with Crippen LogP contribution in [0.4, 0.5) is 16.3 Å². The molecule has 3 aliphatic heterocycles. The molecule has 2 aromatic rings. The lowest BCUT2D eigenvalue weighted by molar-refractivity contribution is 0.0585. The van der Waals surface area contributed by atoms with Crippen LogP contribution in [0.25, 0.3) is 0 Å². The lowest BCUT2D eigenvalue weighted by Crippen LogP contribution is -2.53. The molecule has 1 spiro atoms. The monoisotopic (exact) mass is 537 g/mol. The Kier molecular flexibility index (Phi) is 7.14. The van der Waals surface area contributed by atoms with Gasteiger partial charge < -0.3 is 15.1 Å². The summed E-state index contributed by atoms with van der Waals surface area (Å²) in [5, 5.41) is 8.28. The summed E-state index contributed by atoms with van der Waals surface area (Å²) in [6, 6.07) is 9.06. The summed E-state index contributed by atoms with van der Waals surface area (Å²) in [6.45, 7) is 13.7. The van der Waals surface area contributed by atoms with E-state index in [0.717, 1.165) is 82.0 Å². The summed E-state index contributed by atoms with van der Waals surface area (Å²) in [5.41, 5.74) is 3.65. The number of nitrogens with zero attached hydrogens (tertiary/aromatic N) is 6. The van der Waals surface area contributed by atoms with Crippen molar-refractivity contribution in [2.75, 3.05) is 56.0 Å². The van der Waals surface area contributed by atoms with Crippen molar-refractivity contribution in [2.24, 2.45) is 0 Å². The number of amides is 1. The second kappa shape index (κ2) is 10.5. The van der Waals surface area contributed by atoms with Gasteiger partial charge >= 0.3 is 6.03 Å². The quantitative estimate of drug-likeness (QED) is 0.567. The molecule has 1 aromatic carbocycles. The van der Waals surface area contributed by atoms with Crippen molar-refractivity contribution in [3.05, 3.63) is 53.3 Å². The first-order chi connectivity index (χ1) is 18.4. The van der Waals surface area contributed by atoms with Crippen molar-refractivity contribution in [3.63, 3.8) is 0 Å². The zero-order valence-electron chi connectivity index (χ0n) is 22.5. The third kappa shape index (κ3) is 5.31. The zero-order chi connectivity index (χ0) is 26.3. The van der Waals surface area contributed by atoms with Crippen LogP contribution >= 0.6 is 11.6 Å². The summed E-state index contributed by atoms with van der Waals surface area (Å²) in [7, 11) is 0. The van der Waals surface area contributed by atoms with Crippen LogP contribution in [-0.2, 0) is 6.54 Å². The average Bonchev–Trinajstić information content (AvgIpc) is 3.56. The number of carbonyl (C=O) groups is 1. The van der Waals surface area contributed by atoms with Crippen LogP contribution in [0, 0.1) is 0 Å². The van der Waals surface area contributed by atoms with Crippen LogP contribution in [0.3, 0.4) is 0 Å². The van der Waals surface area contributed by atoms with Crippen molar-refractivity contribution in [1.29, 1.82) is 0 Å². The molecular weight excluding hydrogens is 498 g/mol. The smallest absolute Gasteiger partial charge is 0.344 e. The topological polar surface area (TPSA) is 59.9 Å². The van der Waals surface area contributed by atoms with Gasteiger partial charge in [-0.2, -0.15) is 4.68 Å². The number of hydrogen-bond donors (Lipinski definition) is 1. The van der Waals surface area contributed by atoms with Crippen LogP contribution < -0.4 is 10.2 Å². The number of anilines is 2. The molecule has 1 amide bonds. The number of nitrogens with one attached hydrogen (secondary N) is 1. The second-order valence-electron chi connectivity index (χ2n) is 11.6. The summed E-state index contributed by atoms with van der Waals surface area (Å²) < 4.78 is 1.44. The molecule has 0 unspecified atom stereocenters. The summed E-state index contributed by atoms with van der Waals surface area (Å²) >= 11 is 6.50. The fourth-order valence-electron chi connectivity index (χ4n) is 6.72. The maximum atomic E-state index is 13.1. The number of halogens is 1. The molecule has 0 atom stereocenters. The molecular formula is C29H40ClN7O. The molecule has 4 fully saturated rings. The van der Waals surface area contributed by atoms with E-state index in [4.69, 9.17) is 11.6 Å². The Hall–Kier alpha value is -2.55. The van der Waals surface area contributed by atoms with Gasteiger partial charge in [0.25, 0.3) is 0 Å². The van der Waals surface area contributed by atoms with Gasteiger partial charge in [0.15, 0.2) is 5.82 Å². The highest BCUT2D eigenvalue weighted by Gasteiger charge is 2.44. The van der Waals surface area contributed by atoms with E-state index in [9.17, 15) is 4.79 Å². The minimum absolute atomic E-state index is 0.0514. The summed E-state index contributed by atoms with van der Waals surface area (Å²) in [4.78, 5) is 23.0. The van der Waals surface area contributed by atoms with E-state index in [2.05, 4.69) is 43.8 Å². The number of carbonyl (C=O) groups excluding carboxylic acids is 1. The van der Waals surface area contributed by atoms with Gasteiger partial charge in [-0.3, -0.25) is 9.80 Å². The first-order valence-electron chi connectivity index (χ1n) is 14.2. The van der Waals surface area contributed by atoms with Crippen LogP contribution in [0.15, 0.2) is 42.7 Å². The van der Waals surface area contributed by atoms with Gasteiger partial charge in [0.2, 0.25) is 0 Å². The molecule has 1 saturated carbocycles. The number of piperazine rings is 1. The Labute approximate surface area is 231 Å². The average molecular weight is 538 g/mol. The minimum atomic E-state index is -0.0514. The Balaban J connectivity index is 1.11. The molecule has 8 nitrogen and oxygen atoms in total. The first-order valence-corrected chi connectivity index (χ1v) is 14.6. The number of rotatable bonds is 6. The second-order valence-corrected chi connectivity index (χ2v) is 12.0. The van der Waals surface area contributed by atoms with Crippen LogP contribution in [0.1, 0.15) is 51.0 Å². The normalized spacial score (nSPS) is 22.3. The van der Waals surface area contributed by atoms with Crippen LogP contribution in [-0.4, -0.2) is 87.9 Å². The largest absolute Gasteiger partial charge is 0.369 e. The fourth-order valence-corrected chi connectivity index (χ4v) is 6.89. The van der Waals surface area contributed by atoms with Crippen molar-refractivity contribution in [1.82, 2.24) is 24.5 Å². The first kappa shape index (κ1) is 25.7. The van der Waals surface area contributed by atoms with E-state index in [0.29, 0.717) is 5.82 Å². The van der Waals surface area contributed by atoms with E-state index >= 15 is 0 Å². The Morgan fingerprint density at radius 2 is 1.84 bits per heavy atom. The Morgan fingerprint density at radius 3 is 2.55 bits per heavy atom. The fraction of sp³-hybridized carbons (Fsp3) is 0.586. The van der Waals surface area contributed by atoms with E-state index in [-0.39, 0.29) is 11.6 Å². The highest BCUT2D eigenvalue weighted by Crippen LogP contribution is 2.41. The number of piperidine rings is 1. The number of hydrogen-bond acceptors (Lipinski definition) is 6. The van der Waals surface area contributed by atoms with Crippen molar-refractivity contribution in [3.8, 4) is 0 Å². The van der Waals surface area contributed by atoms with Crippen LogP contribution in [0.2, 0.25) is 5.02 Å². The van der Waals surface area contributed by atoms with Gasteiger partial charge in [0.05, 0.1) is 0 Å². The van der Waals surface area contributed by atoms with Gasteiger partial charge in [-0.1, -0.05) is 24.2 Å². The lowest BCUT2D eigenvalue weighted by atomic mass is 9.84. The van der Waals surface area contributed by atoms with Crippen molar-refractivity contribution < 1.29 is 4.79 Å². The number of benzene rings is 1. The highest BCUT2D eigenvalue weighted by atomic mass is 35.5. The highest BCUT2D eigenvalue weighted by molar-refractivity contribution is 6.30. The lowest BCUT2D eigenvalue weighted by Gasteiger charge is -2.45. The summed E-state index contributed by atoms with van der Waals surface area (Å²) in [6.07, 6.45) is 8.89. The molecule has 0 bridgehead atoms. The molecule has 38 heavy (non-hydrogen) atoms. The van der Waals surface area contributed by atoms with E-state index < -0.39 is 0 Å². The predicted octanol–water partition coefficient (Wildman–Crippen LogP) is 4.87. The number of likely N-dealkylation sites (tertiary alicyclic amines) is 2. The van der Waals surface area contributed by atoms with E-state index in [1.54, 1.807) is 6.20 Å². The molecule has 4 heterocycles. The van der Waals surface area contributed by atoms with Gasteiger partial charge in [0.1, 0.15) is 0 Å². The van der Waals surface area contributed by atoms with Crippen molar-refractivity contribution >= 4 is 29.1 Å². The standard InChI is InChI=1S/C29H40ClN7O/c1-22(2)31-27-8-13-37(32-27)28(38)35-14-10-29(11-15-35)9-3-12-36(29)21-23-4-5-24(30)20-26(23)34-18-16-33(17-19-34)25-6-7-25/h4-5,8,13,20,25H,1,3,6-7,9-12,14-19,21H2,2H3,(H,31,32). The minimum Gasteiger partial charge on any atom is -0.369 e. The molecule has 6 rings (SSSR count). The van der Waals surface area contributed by atoms with Crippen LogP contribution in [0.5, 0.6) is 0 Å². The molecule has 4 aliphatic rings. The molecule has 0 radical (unpaired) electrons. The van der Waals surface area contributed by atoms with Gasteiger partial charge in [0, 0.05) is 86.1 Å². The molecule has 9 heteroatoms. The molecule has 3 saturated heterocycles. The van der Waals surface area contributed by atoms with E-state index in [1.165, 1.54) is 41.6 Å². The predicted molar refractivity (Wildman–Crippen MR) is 153 cm³/mol. The third-order valence-corrected chi connectivity index (χ3v) is 9.19. The SMILES string of the molecule is C=C(C)Nc1ccn(C(=O)N2CCC3(CCCN3Cc3ccc(Cl)cc3N3CCN(C4CC4)CC3)CC2)n1. The zero-order valence-corrected chi connectivity index (χ0v) is 23.3. The van der Waals surface area contributed by atoms with E-state index in [1.807, 2.05) is 24.0 Å². The van der Waals surface area contributed by atoms with Gasteiger partial charge in [-0.25, -0.2) is 4.79 Å². The Morgan fingerprint density at radius 1 is 1.08 bits per heavy atom. The van der Waals surface area contributed by atoms with Crippen molar-refractivity contribution in [2.45, 2.75) is 63.6 Å². The maximum absolute atomic E-state index is 13.1. The maximum Gasteiger partial charge on any atom is 0.344 e. The van der Waals surface area contributed by atoms with Gasteiger partial charge in [-0.05, 0) is 69.7 Å². The number of allylic oxidation sites excluding steroid dienone is 1.